The van der Waals surface area contributed by atoms with Gasteiger partial charge < -0.3 is 14.2 Å². The minimum absolute atomic E-state index is 0.217. The highest BCUT2D eigenvalue weighted by Gasteiger charge is 2.04. The third-order valence-corrected chi connectivity index (χ3v) is 3.76. The first-order valence-electron chi connectivity index (χ1n) is 8.35. The number of carbonyl (C=O) groups excluding carboxylic acids is 1. The Labute approximate surface area is 154 Å². The second-order valence-electron chi connectivity index (χ2n) is 5.59. The first kappa shape index (κ1) is 19.2. The maximum atomic E-state index is 11.4. The molecule has 0 aliphatic rings. The predicted molar refractivity (Wildman–Crippen MR) is 102 cm³/mol. The molecule has 132 valence electrons. The molecule has 0 fully saturated rings. The molecular weight excluding hydrogens is 338 g/mol. The fourth-order valence-electron chi connectivity index (χ4n) is 2.29. The standard InChI is InChI=1S/C19H22BClO4/c1-2-23-19(22)12-14-4-7-16(8-5-14)24-10-3-11-25-18-9-6-15(21)13-17(18)20/h4-9,13H,2-3,10-12,20H2,1H3. The number of esters is 1. The fraction of sp³-hybridized carbons (Fsp3) is 0.316. The molecule has 0 aliphatic heterocycles. The van der Waals surface area contributed by atoms with Crippen LogP contribution in [0.5, 0.6) is 11.5 Å². The smallest absolute Gasteiger partial charge is 0.310 e. The fourth-order valence-corrected chi connectivity index (χ4v) is 2.51. The number of carbonyl (C=O) groups is 1. The molecule has 0 saturated carbocycles. The molecule has 0 bridgehead atoms. The van der Waals surface area contributed by atoms with Crippen molar-refractivity contribution in [2.45, 2.75) is 19.8 Å². The molecule has 6 heteroatoms. The van der Waals surface area contributed by atoms with E-state index < -0.39 is 0 Å². The summed E-state index contributed by atoms with van der Waals surface area (Å²) < 4.78 is 16.3. The van der Waals surface area contributed by atoms with E-state index in [-0.39, 0.29) is 12.4 Å². The molecule has 0 atom stereocenters. The Balaban J connectivity index is 1.68. The van der Waals surface area contributed by atoms with Crippen LogP contribution in [0, 0.1) is 0 Å². The van der Waals surface area contributed by atoms with Gasteiger partial charge in [-0.05, 0) is 48.3 Å². The predicted octanol–water partition coefficient (Wildman–Crippen LogP) is 2.55. The second kappa shape index (κ2) is 9.99. The Morgan fingerprint density at radius 3 is 2.48 bits per heavy atom. The van der Waals surface area contributed by atoms with Crippen molar-refractivity contribution in [1.29, 1.82) is 0 Å². The van der Waals surface area contributed by atoms with Crippen LogP contribution in [0.4, 0.5) is 0 Å². The summed E-state index contributed by atoms with van der Waals surface area (Å²) in [6, 6.07) is 13.0. The number of hydrogen-bond donors (Lipinski definition) is 0. The number of hydrogen-bond acceptors (Lipinski definition) is 4. The van der Waals surface area contributed by atoms with Crippen LogP contribution in [0.2, 0.25) is 5.02 Å². The molecule has 2 rings (SSSR count). The van der Waals surface area contributed by atoms with Gasteiger partial charge in [0.15, 0.2) is 0 Å². The van der Waals surface area contributed by atoms with Gasteiger partial charge in [0.25, 0.3) is 0 Å². The van der Waals surface area contributed by atoms with E-state index in [9.17, 15) is 4.79 Å². The summed E-state index contributed by atoms with van der Waals surface area (Å²) in [4.78, 5) is 11.4. The number of ether oxygens (including phenoxy) is 3. The molecule has 4 nitrogen and oxygen atoms in total. The van der Waals surface area contributed by atoms with E-state index in [1.165, 1.54) is 0 Å². The van der Waals surface area contributed by atoms with Gasteiger partial charge in [0.05, 0.1) is 26.2 Å². The largest absolute Gasteiger partial charge is 0.494 e. The van der Waals surface area contributed by atoms with Gasteiger partial charge >= 0.3 is 5.97 Å². The van der Waals surface area contributed by atoms with Gasteiger partial charge in [-0.3, -0.25) is 4.79 Å². The van der Waals surface area contributed by atoms with E-state index in [0.717, 1.165) is 28.9 Å². The van der Waals surface area contributed by atoms with Gasteiger partial charge in [-0.1, -0.05) is 23.7 Å². The molecule has 0 aromatic heterocycles. The van der Waals surface area contributed by atoms with Crippen molar-refractivity contribution in [2.24, 2.45) is 0 Å². The maximum absolute atomic E-state index is 11.4. The molecule has 0 saturated heterocycles. The third kappa shape index (κ3) is 6.71. The van der Waals surface area contributed by atoms with E-state index in [2.05, 4.69) is 0 Å². The molecule has 2 aromatic carbocycles. The Bertz CT molecular complexity index is 688. The second-order valence-corrected chi connectivity index (χ2v) is 6.02. The first-order chi connectivity index (χ1) is 12.1. The lowest BCUT2D eigenvalue weighted by molar-refractivity contribution is -0.142. The Hall–Kier alpha value is -2.14. The molecular formula is C19H22BClO4. The van der Waals surface area contributed by atoms with Gasteiger partial charge in [0, 0.05) is 11.4 Å². The highest BCUT2D eigenvalue weighted by atomic mass is 35.5. The van der Waals surface area contributed by atoms with Crippen molar-refractivity contribution in [3.05, 3.63) is 53.1 Å². The maximum Gasteiger partial charge on any atom is 0.310 e. The van der Waals surface area contributed by atoms with Crippen LogP contribution in [0.15, 0.2) is 42.5 Å². The van der Waals surface area contributed by atoms with Crippen LogP contribution in [0.1, 0.15) is 18.9 Å². The van der Waals surface area contributed by atoms with E-state index >= 15 is 0 Å². The summed E-state index contributed by atoms with van der Waals surface area (Å²) in [5, 5.41) is 0.708. The van der Waals surface area contributed by atoms with Gasteiger partial charge in [-0.25, -0.2) is 0 Å². The zero-order valence-electron chi connectivity index (χ0n) is 14.6. The molecule has 0 spiro atoms. The lowest BCUT2D eigenvalue weighted by atomic mass is 9.95. The summed E-state index contributed by atoms with van der Waals surface area (Å²) >= 11 is 5.92. The highest BCUT2D eigenvalue weighted by molar-refractivity contribution is 6.37. The lowest BCUT2D eigenvalue weighted by Gasteiger charge is -2.10. The number of rotatable bonds is 9. The van der Waals surface area contributed by atoms with E-state index in [0.29, 0.717) is 24.8 Å². The summed E-state index contributed by atoms with van der Waals surface area (Å²) in [6.45, 7) is 3.33. The normalized spacial score (nSPS) is 10.3. The van der Waals surface area contributed by atoms with Crippen LogP contribution in [-0.2, 0) is 16.0 Å². The van der Waals surface area contributed by atoms with Crippen LogP contribution >= 0.6 is 11.6 Å². The Kier molecular flexibility index (Phi) is 7.67. The van der Waals surface area contributed by atoms with Crippen LogP contribution in [-0.4, -0.2) is 33.6 Å². The Morgan fingerprint density at radius 2 is 1.80 bits per heavy atom. The minimum atomic E-state index is -0.217. The van der Waals surface area contributed by atoms with Crippen LogP contribution in [0.25, 0.3) is 0 Å². The van der Waals surface area contributed by atoms with Crippen molar-refractivity contribution in [3.8, 4) is 11.5 Å². The SMILES string of the molecule is Bc1cc(Cl)ccc1OCCCOc1ccc(CC(=O)OCC)cc1. The highest BCUT2D eigenvalue weighted by Crippen LogP contribution is 2.14. The van der Waals surface area contributed by atoms with Gasteiger partial charge in [-0.15, -0.1) is 0 Å². The Morgan fingerprint density at radius 1 is 1.08 bits per heavy atom. The summed E-state index contributed by atoms with van der Waals surface area (Å²) in [7, 11) is 1.97. The number of halogens is 1. The molecule has 25 heavy (non-hydrogen) atoms. The average Bonchev–Trinajstić information content (AvgIpc) is 2.58. The summed E-state index contributed by atoms with van der Waals surface area (Å²) in [5.74, 6) is 1.40. The van der Waals surface area contributed by atoms with Crippen molar-refractivity contribution in [3.63, 3.8) is 0 Å². The van der Waals surface area contributed by atoms with Crippen molar-refractivity contribution >= 4 is 30.9 Å². The van der Waals surface area contributed by atoms with Crippen molar-refractivity contribution in [1.82, 2.24) is 0 Å². The van der Waals surface area contributed by atoms with E-state index in [1.807, 2.05) is 50.3 Å². The lowest BCUT2D eigenvalue weighted by Crippen LogP contribution is -2.12. The number of benzene rings is 2. The third-order valence-electron chi connectivity index (χ3n) is 3.53. The molecule has 0 radical (unpaired) electrons. The van der Waals surface area contributed by atoms with Crippen LogP contribution in [0.3, 0.4) is 0 Å². The van der Waals surface area contributed by atoms with Gasteiger partial charge in [-0.2, -0.15) is 0 Å². The summed E-state index contributed by atoms with van der Waals surface area (Å²) in [6.07, 6.45) is 1.05. The van der Waals surface area contributed by atoms with Crippen LogP contribution < -0.4 is 14.9 Å². The quantitative estimate of drug-likeness (QED) is 0.392. The molecule has 0 unspecified atom stereocenters. The van der Waals surface area contributed by atoms with Crippen molar-refractivity contribution < 1.29 is 19.0 Å². The topological polar surface area (TPSA) is 44.8 Å². The zero-order chi connectivity index (χ0) is 18.1. The van der Waals surface area contributed by atoms with Gasteiger partial charge in [0.1, 0.15) is 19.3 Å². The summed E-state index contributed by atoms with van der Waals surface area (Å²) in [5.41, 5.74) is 1.93. The monoisotopic (exact) mass is 360 g/mol. The molecule has 0 aliphatic carbocycles. The van der Waals surface area contributed by atoms with Crippen molar-refractivity contribution in [2.75, 3.05) is 19.8 Å². The molecule has 0 amide bonds. The van der Waals surface area contributed by atoms with E-state index in [4.69, 9.17) is 25.8 Å². The molecule has 0 heterocycles. The molecule has 0 N–H and O–H groups in total. The van der Waals surface area contributed by atoms with Gasteiger partial charge in [0.2, 0.25) is 0 Å². The zero-order valence-corrected chi connectivity index (χ0v) is 15.3. The average molecular weight is 361 g/mol. The first-order valence-corrected chi connectivity index (χ1v) is 8.72. The minimum Gasteiger partial charge on any atom is -0.494 e. The molecule has 2 aromatic rings. The van der Waals surface area contributed by atoms with E-state index in [1.54, 1.807) is 6.92 Å².